The van der Waals surface area contributed by atoms with Crippen LogP contribution in [0.25, 0.3) is 22.2 Å². The smallest absolute Gasteiger partial charge is 0.220 e. The van der Waals surface area contributed by atoms with Crippen LogP contribution in [0.1, 0.15) is 18.4 Å². The number of nitrogens with one attached hydrogen (secondary N) is 1. The third kappa shape index (κ3) is 5.53. The molecule has 164 valence electrons. The maximum atomic E-state index is 12.3. The number of thioether (sulfide) groups is 1. The second-order valence-corrected chi connectivity index (χ2v) is 8.97. The summed E-state index contributed by atoms with van der Waals surface area (Å²) in [5.41, 5.74) is 4.24. The first kappa shape index (κ1) is 22.4. The van der Waals surface area contributed by atoms with E-state index in [4.69, 9.17) is 16.7 Å². The Hall–Kier alpha value is -2.76. The van der Waals surface area contributed by atoms with Gasteiger partial charge in [0, 0.05) is 40.4 Å². The van der Waals surface area contributed by atoms with Crippen molar-refractivity contribution in [3.8, 4) is 11.3 Å². The van der Waals surface area contributed by atoms with Crippen LogP contribution in [0.3, 0.4) is 0 Å². The second kappa shape index (κ2) is 10.7. The number of nitrogens with zero attached hydrogens (tertiary/aromatic N) is 2. The first-order valence-corrected chi connectivity index (χ1v) is 12.4. The van der Waals surface area contributed by atoms with E-state index in [1.807, 2.05) is 41.1 Å². The normalized spacial score (nSPS) is 11.1. The van der Waals surface area contributed by atoms with E-state index in [2.05, 4.69) is 48.0 Å². The number of aryl methyl sites for hydroxylation is 1. The second-order valence-electron chi connectivity index (χ2n) is 7.65. The molecule has 0 fully saturated rings. The Morgan fingerprint density at radius 1 is 1.06 bits per heavy atom. The molecule has 0 radical (unpaired) electrons. The van der Waals surface area contributed by atoms with Crippen LogP contribution >= 0.6 is 23.4 Å². The van der Waals surface area contributed by atoms with Gasteiger partial charge in [-0.3, -0.25) is 9.48 Å². The molecule has 0 aliphatic heterocycles. The van der Waals surface area contributed by atoms with Gasteiger partial charge in [0.05, 0.1) is 5.52 Å². The first-order chi connectivity index (χ1) is 15.6. The summed E-state index contributed by atoms with van der Waals surface area (Å²) in [5.74, 6) is 0.0773. The molecule has 0 saturated heterocycles. The third-order valence-corrected chi connectivity index (χ3v) is 6.41. The third-order valence-electron chi connectivity index (χ3n) is 5.43. The van der Waals surface area contributed by atoms with Crippen molar-refractivity contribution >= 4 is 40.2 Å². The number of benzene rings is 3. The highest BCUT2D eigenvalue weighted by Gasteiger charge is 2.13. The van der Waals surface area contributed by atoms with Crippen LogP contribution in [0.2, 0.25) is 5.02 Å². The van der Waals surface area contributed by atoms with Gasteiger partial charge < -0.3 is 5.32 Å². The molecule has 1 aromatic heterocycles. The molecule has 4 nitrogen and oxygen atoms in total. The average Bonchev–Trinajstić information content (AvgIpc) is 3.17. The maximum Gasteiger partial charge on any atom is 0.220 e. The Morgan fingerprint density at radius 3 is 2.59 bits per heavy atom. The summed E-state index contributed by atoms with van der Waals surface area (Å²) in [6, 6.07) is 24.4. The number of carbonyl (C=O) groups excluding carboxylic acids is 1. The van der Waals surface area contributed by atoms with Gasteiger partial charge in [-0.05, 0) is 55.0 Å². The molecule has 0 bridgehead atoms. The van der Waals surface area contributed by atoms with E-state index < -0.39 is 0 Å². The van der Waals surface area contributed by atoms with E-state index in [0.717, 1.165) is 35.0 Å². The van der Waals surface area contributed by atoms with Gasteiger partial charge in [0.2, 0.25) is 5.91 Å². The largest absolute Gasteiger partial charge is 0.356 e. The molecule has 32 heavy (non-hydrogen) atoms. The maximum absolute atomic E-state index is 12.3. The Labute approximate surface area is 198 Å². The summed E-state index contributed by atoms with van der Waals surface area (Å²) >= 11 is 7.98. The van der Waals surface area contributed by atoms with Crippen molar-refractivity contribution in [2.75, 3.05) is 12.8 Å². The van der Waals surface area contributed by atoms with Crippen molar-refractivity contribution in [3.05, 3.63) is 83.4 Å². The molecule has 4 rings (SSSR count). The summed E-state index contributed by atoms with van der Waals surface area (Å²) in [5, 5.41) is 9.59. The van der Waals surface area contributed by atoms with Crippen molar-refractivity contribution in [1.29, 1.82) is 0 Å². The zero-order valence-corrected chi connectivity index (χ0v) is 19.6. The fourth-order valence-electron chi connectivity index (χ4n) is 3.75. The Balaban J connectivity index is 1.33. The van der Waals surface area contributed by atoms with Crippen LogP contribution < -0.4 is 5.32 Å². The summed E-state index contributed by atoms with van der Waals surface area (Å²) in [4.78, 5) is 13.5. The standard InChI is InChI=1S/C26H26ClN3OS/c1-32-22-12-9-19(10-13-22)15-16-28-25(31)8-5-17-30-24-14-11-21(27)18-23(24)26(29-30)20-6-3-2-4-7-20/h2-4,6-7,9-14,18H,5,8,15-17H2,1H3,(H,28,31). The van der Waals surface area contributed by atoms with Crippen LogP contribution in [-0.2, 0) is 17.8 Å². The topological polar surface area (TPSA) is 46.9 Å². The number of halogens is 1. The van der Waals surface area contributed by atoms with Gasteiger partial charge in [-0.2, -0.15) is 5.10 Å². The lowest BCUT2D eigenvalue weighted by molar-refractivity contribution is -0.121. The minimum absolute atomic E-state index is 0.0773. The fraction of sp³-hybridized carbons (Fsp3) is 0.231. The Bertz CT molecular complexity index is 1190. The van der Waals surface area contributed by atoms with Crippen LogP contribution in [0.5, 0.6) is 0 Å². The lowest BCUT2D eigenvalue weighted by Crippen LogP contribution is -2.25. The molecule has 0 aliphatic rings. The summed E-state index contributed by atoms with van der Waals surface area (Å²) in [6.07, 6.45) is 4.10. The summed E-state index contributed by atoms with van der Waals surface area (Å²) in [6.45, 7) is 1.33. The number of rotatable bonds is 9. The minimum atomic E-state index is 0.0773. The number of carbonyl (C=O) groups is 1. The van der Waals surface area contributed by atoms with Crippen LogP contribution in [0, 0.1) is 0 Å². The highest BCUT2D eigenvalue weighted by molar-refractivity contribution is 7.98. The van der Waals surface area contributed by atoms with Crippen LogP contribution in [0.4, 0.5) is 0 Å². The van der Waals surface area contributed by atoms with E-state index in [1.54, 1.807) is 11.8 Å². The van der Waals surface area contributed by atoms with E-state index >= 15 is 0 Å². The lowest BCUT2D eigenvalue weighted by atomic mass is 10.1. The molecule has 1 N–H and O–H groups in total. The molecule has 0 aliphatic carbocycles. The summed E-state index contributed by atoms with van der Waals surface area (Å²) in [7, 11) is 0. The summed E-state index contributed by atoms with van der Waals surface area (Å²) < 4.78 is 1.98. The molecule has 0 spiro atoms. The van der Waals surface area contributed by atoms with E-state index in [1.165, 1.54) is 10.5 Å². The molecule has 0 saturated carbocycles. The van der Waals surface area contributed by atoms with Crippen molar-refractivity contribution in [2.45, 2.75) is 30.7 Å². The first-order valence-electron chi connectivity index (χ1n) is 10.7. The molecule has 1 amide bonds. The number of hydrogen-bond donors (Lipinski definition) is 1. The lowest BCUT2D eigenvalue weighted by Gasteiger charge is -2.07. The average molecular weight is 464 g/mol. The van der Waals surface area contributed by atoms with E-state index in [0.29, 0.717) is 24.5 Å². The number of fused-ring (bicyclic) bond motifs is 1. The highest BCUT2D eigenvalue weighted by atomic mass is 35.5. The van der Waals surface area contributed by atoms with Crippen molar-refractivity contribution in [3.63, 3.8) is 0 Å². The van der Waals surface area contributed by atoms with Gasteiger partial charge in [0.15, 0.2) is 0 Å². The SMILES string of the molecule is CSc1ccc(CCNC(=O)CCCn2nc(-c3ccccc3)c3cc(Cl)ccc32)cc1. The molecule has 4 aromatic rings. The predicted octanol–water partition coefficient (Wildman–Crippen LogP) is 6.22. The number of amides is 1. The number of hydrogen-bond acceptors (Lipinski definition) is 3. The minimum Gasteiger partial charge on any atom is -0.356 e. The van der Waals surface area contributed by atoms with Crippen LogP contribution in [0.15, 0.2) is 77.7 Å². The van der Waals surface area contributed by atoms with E-state index in [9.17, 15) is 4.79 Å². The predicted molar refractivity (Wildman–Crippen MR) is 134 cm³/mol. The Morgan fingerprint density at radius 2 is 1.84 bits per heavy atom. The molecule has 6 heteroatoms. The fourth-order valence-corrected chi connectivity index (χ4v) is 4.33. The van der Waals surface area contributed by atoms with Gasteiger partial charge in [0.1, 0.15) is 5.69 Å². The van der Waals surface area contributed by atoms with Crippen LogP contribution in [-0.4, -0.2) is 28.5 Å². The zero-order chi connectivity index (χ0) is 22.3. The quantitative estimate of drug-likeness (QED) is 0.300. The highest BCUT2D eigenvalue weighted by Crippen LogP contribution is 2.30. The van der Waals surface area contributed by atoms with Gasteiger partial charge in [-0.1, -0.05) is 54.1 Å². The molecule has 1 heterocycles. The zero-order valence-electron chi connectivity index (χ0n) is 18.1. The van der Waals surface area contributed by atoms with E-state index in [-0.39, 0.29) is 5.91 Å². The molecular weight excluding hydrogens is 438 g/mol. The van der Waals surface area contributed by atoms with Crippen molar-refractivity contribution < 1.29 is 4.79 Å². The molecule has 0 unspecified atom stereocenters. The van der Waals surface area contributed by atoms with Gasteiger partial charge in [-0.25, -0.2) is 0 Å². The number of aromatic nitrogens is 2. The van der Waals surface area contributed by atoms with Gasteiger partial charge in [-0.15, -0.1) is 11.8 Å². The molecule has 0 atom stereocenters. The van der Waals surface area contributed by atoms with Gasteiger partial charge >= 0.3 is 0 Å². The van der Waals surface area contributed by atoms with Crippen molar-refractivity contribution in [2.24, 2.45) is 0 Å². The molecule has 3 aromatic carbocycles. The van der Waals surface area contributed by atoms with Crippen molar-refractivity contribution in [1.82, 2.24) is 15.1 Å². The van der Waals surface area contributed by atoms with Gasteiger partial charge in [0.25, 0.3) is 0 Å². The Kier molecular flexibility index (Phi) is 7.51. The molecular formula is C26H26ClN3OS. The monoisotopic (exact) mass is 463 g/mol.